The molecule has 0 saturated heterocycles. The molecule has 2 bridgehead atoms. The summed E-state index contributed by atoms with van der Waals surface area (Å²) in [6, 6.07) is 1.98. The van der Waals surface area contributed by atoms with Crippen LogP contribution in [0.4, 0.5) is 5.69 Å². The molecular formula is C30H42N6O6. The van der Waals surface area contributed by atoms with E-state index in [0.29, 0.717) is 11.8 Å². The van der Waals surface area contributed by atoms with Crippen molar-refractivity contribution in [1.29, 1.82) is 0 Å². The van der Waals surface area contributed by atoms with Gasteiger partial charge in [0.05, 0.1) is 12.8 Å². The number of esters is 1. The highest BCUT2D eigenvalue weighted by molar-refractivity contribution is 6.00. The molecule has 0 aliphatic heterocycles. The third-order valence-electron chi connectivity index (χ3n) is 7.92. The average molecular weight is 583 g/mol. The van der Waals surface area contributed by atoms with Gasteiger partial charge in [0.25, 0.3) is 11.5 Å². The van der Waals surface area contributed by atoms with Gasteiger partial charge in [-0.2, -0.15) is 0 Å². The summed E-state index contributed by atoms with van der Waals surface area (Å²) < 4.78 is 5.80. The number of hydrogen-bond donors (Lipinski definition) is 5. The van der Waals surface area contributed by atoms with Crippen molar-refractivity contribution in [2.45, 2.75) is 70.5 Å². The molecule has 2 fully saturated rings. The van der Waals surface area contributed by atoms with E-state index in [2.05, 4.69) is 27.6 Å². The lowest BCUT2D eigenvalue weighted by molar-refractivity contribution is -0.134. The van der Waals surface area contributed by atoms with E-state index in [1.54, 1.807) is 6.07 Å². The molecule has 228 valence electrons. The van der Waals surface area contributed by atoms with E-state index in [4.69, 9.17) is 11.5 Å². The number of pyridine rings is 1. The van der Waals surface area contributed by atoms with Gasteiger partial charge < -0.3 is 36.7 Å². The summed E-state index contributed by atoms with van der Waals surface area (Å²) in [4.78, 5) is 63.2. The zero-order chi connectivity index (χ0) is 30.6. The number of methoxy groups -OCH3 is 1. The van der Waals surface area contributed by atoms with Gasteiger partial charge in [-0.15, -0.1) is 0 Å². The van der Waals surface area contributed by atoms with Gasteiger partial charge in [0.15, 0.2) is 0 Å². The molecule has 3 amide bonds. The third kappa shape index (κ3) is 9.08. The van der Waals surface area contributed by atoms with Crippen LogP contribution in [-0.2, 0) is 30.5 Å². The van der Waals surface area contributed by atoms with Gasteiger partial charge in [0, 0.05) is 18.3 Å². The Balaban J connectivity index is 1.69. The molecule has 2 saturated carbocycles. The van der Waals surface area contributed by atoms with E-state index in [0.717, 1.165) is 25.2 Å². The highest BCUT2D eigenvalue weighted by Gasteiger charge is 2.38. The minimum atomic E-state index is -1.10. The van der Waals surface area contributed by atoms with Gasteiger partial charge in [0.1, 0.15) is 18.3 Å². The summed E-state index contributed by atoms with van der Waals surface area (Å²) in [7, 11) is 1.24. The van der Waals surface area contributed by atoms with Crippen molar-refractivity contribution in [3.05, 3.63) is 64.9 Å². The predicted octanol–water partition coefficient (Wildman–Crippen LogP) is 1.43. The van der Waals surface area contributed by atoms with E-state index < -0.39 is 29.4 Å². The summed E-state index contributed by atoms with van der Waals surface area (Å²) in [6.45, 7) is 1.99. The molecule has 2 aliphatic carbocycles. The largest absolute Gasteiger partial charge is 0.466 e. The van der Waals surface area contributed by atoms with Gasteiger partial charge >= 0.3 is 5.97 Å². The fourth-order valence-electron chi connectivity index (χ4n) is 5.89. The summed E-state index contributed by atoms with van der Waals surface area (Å²) in [5.74, 6) is -0.614. The second-order valence-corrected chi connectivity index (χ2v) is 11.0. The number of ether oxygens (including phenoxy) is 1. The van der Waals surface area contributed by atoms with Gasteiger partial charge in [-0.3, -0.25) is 19.2 Å². The molecule has 0 spiro atoms. The SMILES string of the molecule is COC(=O)/C=C/CC[C@H](NC(=O)/C(N)=C/C=C\N)C(=O)Nc1cccn(CC(=O)NC2C(C)CC3CCCC2C3)c1=O. The van der Waals surface area contributed by atoms with Gasteiger partial charge in [-0.25, -0.2) is 4.79 Å². The predicted molar refractivity (Wildman–Crippen MR) is 158 cm³/mol. The molecule has 1 aromatic heterocycles. The van der Waals surface area contributed by atoms with Crippen LogP contribution in [0.25, 0.3) is 0 Å². The summed E-state index contributed by atoms with van der Waals surface area (Å²) >= 11 is 0. The van der Waals surface area contributed by atoms with Crippen LogP contribution in [0.1, 0.15) is 51.9 Å². The monoisotopic (exact) mass is 582 g/mol. The van der Waals surface area contributed by atoms with E-state index in [9.17, 15) is 24.0 Å². The normalized spacial score (nSPS) is 22.9. The Kier molecular flexibility index (Phi) is 11.9. The van der Waals surface area contributed by atoms with Crippen LogP contribution in [0.15, 0.2) is 59.3 Å². The van der Waals surface area contributed by atoms with Crippen molar-refractivity contribution in [1.82, 2.24) is 15.2 Å². The molecule has 4 unspecified atom stereocenters. The maximum Gasteiger partial charge on any atom is 0.330 e. The number of rotatable bonds is 12. The Bertz CT molecular complexity index is 1280. The fraction of sp³-hybridized carbons (Fsp3) is 0.500. The third-order valence-corrected chi connectivity index (χ3v) is 7.92. The Labute approximate surface area is 245 Å². The average Bonchev–Trinajstić information content (AvgIpc) is 2.97. The number of aromatic nitrogens is 1. The molecule has 42 heavy (non-hydrogen) atoms. The van der Waals surface area contributed by atoms with Crippen LogP contribution in [0.3, 0.4) is 0 Å². The minimum Gasteiger partial charge on any atom is -0.466 e. The molecule has 0 aromatic carbocycles. The molecule has 1 aromatic rings. The summed E-state index contributed by atoms with van der Waals surface area (Å²) in [5, 5.41) is 8.26. The second kappa shape index (κ2) is 15.6. The molecule has 1 heterocycles. The maximum absolute atomic E-state index is 13.2. The zero-order valence-corrected chi connectivity index (χ0v) is 24.2. The van der Waals surface area contributed by atoms with Crippen LogP contribution in [0.5, 0.6) is 0 Å². The van der Waals surface area contributed by atoms with Crippen molar-refractivity contribution in [3.8, 4) is 0 Å². The van der Waals surface area contributed by atoms with Crippen molar-refractivity contribution in [2.75, 3.05) is 12.4 Å². The maximum atomic E-state index is 13.2. The molecule has 7 N–H and O–H groups in total. The number of hydrogen-bond acceptors (Lipinski definition) is 8. The lowest BCUT2D eigenvalue weighted by Crippen LogP contribution is -2.50. The molecule has 12 heteroatoms. The minimum absolute atomic E-state index is 0.0459. The standard InChI is InChI=1S/C30H42N6O6/c1-19-16-20-8-5-9-21(17-20)27(19)35-25(37)18-36-15-7-12-24(30(36)41)34-29(40)23(11-3-4-13-26(38)42-2)33-28(39)22(32)10-6-14-31/h4,6-7,10,12-15,19-21,23,27H,3,5,8-9,11,16-18,31-32H2,1-2H3,(H,33,39)(H,34,40)(H,35,37)/b13-4+,14-6-,22-10-/t19?,20?,21?,23-,27?/m0/s1. The quantitative estimate of drug-likeness (QED) is 0.139. The van der Waals surface area contributed by atoms with Gasteiger partial charge in [-0.1, -0.05) is 25.8 Å². The first-order valence-corrected chi connectivity index (χ1v) is 14.3. The Morgan fingerprint density at radius 2 is 2.00 bits per heavy atom. The van der Waals surface area contributed by atoms with Gasteiger partial charge in [-0.05, 0) is 80.3 Å². The highest BCUT2D eigenvalue weighted by atomic mass is 16.5. The highest BCUT2D eigenvalue weighted by Crippen LogP contribution is 2.42. The van der Waals surface area contributed by atoms with Crippen LogP contribution in [0, 0.1) is 17.8 Å². The van der Waals surface area contributed by atoms with Crippen LogP contribution < -0.4 is 33.0 Å². The van der Waals surface area contributed by atoms with E-state index in [1.165, 1.54) is 67.3 Å². The number of nitrogens with zero attached hydrogens (tertiary/aromatic N) is 1. The van der Waals surface area contributed by atoms with Crippen LogP contribution in [-0.4, -0.2) is 47.5 Å². The first kappa shape index (κ1) is 32.2. The molecular weight excluding hydrogens is 540 g/mol. The molecule has 3 rings (SSSR count). The Morgan fingerprint density at radius 1 is 1.21 bits per heavy atom. The summed E-state index contributed by atoms with van der Waals surface area (Å²) in [6.07, 6.45) is 14.2. The number of amides is 3. The number of nitrogens with two attached hydrogens (primary N) is 2. The lowest BCUT2D eigenvalue weighted by atomic mass is 9.65. The van der Waals surface area contributed by atoms with Crippen LogP contribution in [0.2, 0.25) is 0 Å². The molecule has 2 aliphatic rings. The van der Waals surface area contributed by atoms with Crippen molar-refractivity contribution in [3.63, 3.8) is 0 Å². The Morgan fingerprint density at radius 3 is 2.74 bits per heavy atom. The molecule has 0 radical (unpaired) electrons. The second-order valence-electron chi connectivity index (χ2n) is 11.0. The number of allylic oxidation sites excluding steroid dienone is 3. The van der Waals surface area contributed by atoms with E-state index >= 15 is 0 Å². The number of anilines is 1. The first-order valence-electron chi connectivity index (χ1n) is 14.3. The topological polar surface area (TPSA) is 188 Å². The smallest absolute Gasteiger partial charge is 0.330 e. The Hall–Kier alpha value is -4.35. The van der Waals surface area contributed by atoms with Crippen molar-refractivity contribution in [2.24, 2.45) is 29.2 Å². The number of carbonyl (C=O) groups excluding carboxylic acids is 4. The van der Waals surface area contributed by atoms with Crippen LogP contribution >= 0.6 is 0 Å². The van der Waals surface area contributed by atoms with Crippen molar-refractivity contribution >= 4 is 29.4 Å². The molecule has 5 atom stereocenters. The zero-order valence-electron chi connectivity index (χ0n) is 24.2. The van der Waals surface area contributed by atoms with E-state index in [1.807, 2.05) is 0 Å². The van der Waals surface area contributed by atoms with Gasteiger partial charge in [0.2, 0.25) is 11.8 Å². The van der Waals surface area contributed by atoms with Crippen molar-refractivity contribution < 1.29 is 23.9 Å². The first-order chi connectivity index (χ1) is 20.1. The lowest BCUT2D eigenvalue weighted by Gasteiger charge is -2.44. The van der Waals surface area contributed by atoms with E-state index in [-0.39, 0.29) is 42.7 Å². The summed E-state index contributed by atoms with van der Waals surface area (Å²) in [5.41, 5.74) is 10.3. The number of nitrogens with one attached hydrogen (secondary N) is 3. The number of fused-ring (bicyclic) bond motifs is 2. The fourth-order valence-corrected chi connectivity index (χ4v) is 5.89. The molecule has 12 nitrogen and oxygen atoms in total. The number of carbonyl (C=O) groups is 4.